The molecule has 0 amide bonds. The van der Waals surface area contributed by atoms with Crippen molar-refractivity contribution in [2.24, 2.45) is 27.5 Å². The summed E-state index contributed by atoms with van der Waals surface area (Å²) in [6, 6.07) is -1.88. The second-order valence-electron chi connectivity index (χ2n) is 8.17. The molecule has 0 aromatic rings. The Hall–Kier alpha value is -1.76. The molecule has 1 aliphatic rings. The van der Waals surface area contributed by atoms with Gasteiger partial charge in [-0.1, -0.05) is 27.7 Å². The molecule has 0 heterocycles. The van der Waals surface area contributed by atoms with Gasteiger partial charge in [0.2, 0.25) is 0 Å². The van der Waals surface area contributed by atoms with E-state index in [0.29, 0.717) is 12.0 Å². The van der Waals surface area contributed by atoms with Crippen LogP contribution in [0.3, 0.4) is 0 Å². The van der Waals surface area contributed by atoms with Gasteiger partial charge in [0.25, 0.3) is 0 Å². The van der Waals surface area contributed by atoms with Gasteiger partial charge in [-0.2, -0.15) is 0 Å². The summed E-state index contributed by atoms with van der Waals surface area (Å²) in [5, 5.41) is 8.98. The van der Waals surface area contributed by atoms with Crippen LogP contribution in [0.2, 0.25) is 0 Å². The summed E-state index contributed by atoms with van der Waals surface area (Å²) in [4.78, 5) is 38.5. The van der Waals surface area contributed by atoms with Gasteiger partial charge in [0.1, 0.15) is 18.4 Å². The fourth-order valence-corrected chi connectivity index (χ4v) is 4.11. The van der Waals surface area contributed by atoms with E-state index in [-0.39, 0.29) is 29.6 Å². The van der Waals surface area contributed by atoms with Crippen LogP contribution < -0.4 is 5.73 Å². The molecule has 0 aromatic heterocycles. The van der Waals surface area contributed by atoms with Crippen LogP contribution in [0, 0.1) is 16.7 Å². The van der Waals surface area contributed by atoms with Crippen LogP contribution in [0.5, 0.6) is 0 Å². The number of carboxylic acids is 1. The minimum atomic E-state index is -1.09. The number of carbonyl (C=O) groups is 3. The number of methoxy groups -OCH3 is 1. The third-order valence-electron chi connectivity index (χ3n) is 5.12. The number of rotatable bonds is 8. The molecule has 1 aliphatic carbocycles. The van der Waals surface area contributed by atoms with Crippen molar-refractivity contribution < 1.29 is 24.2 Å². The molecular weight excluding hydrogens is 324 g/mol. The van der Waals surface area contributed by atoms with Crippen LogP contribution in [0.25, 0.3) is 0 Å². The van der Waals surface area contributed by atoms with Crippen molar-refractivity contribution in [2.75, 3.05) is 7.11 Å². The molecule has 7 nitrogen and oxygen atoms in total. The van der Waals surface area contributed by atoms with E-state index < -0.39 is 24.0 Å². The van der Waals surface area contributed by atoms with E-state index >= 15 is 0 Å². The van der Waals surface area contributed by atoms with Gasteiger partial charge in [0.15, 0.2) is 0 Å². The highest BCUT2D eigenvalue weighted by Crippen LogP contribution is 2.54. The summed E-state index contributed by atoms with van der Waals surface area (Å²) >= 11 is 0. The molecule has 7 heteroatoms. The summed E-state index contributed by atoms with van der Waals surface area (Å²) in [5.41, 5.74) is 6.38. The van der Waals surface area contributed by atoms with Crippen LogP contribution in [0.1, 0.15) is 53.4 Å². The summed E-state index contributed by atoms with van der Waals surface area (Å²) < 4.78 is 4.69. The second kappa shape index (κ2) is 8.08. The van der Waals surface area contributed by atoms with Gasteiger partial charge in [-0.25, -0.2) is 0 Å². The number of carboxylic acid groups (broad SMARTS) is 1. The Morgan fingerprint density at radius 3 is 2.16 bits per heavy atom. The number of nitrogens with zero attached hydrogens (tertiary/aromatic N) is 1. The molecule has 3 N–H and O–H groups in total. The molecular formula is C18H30N2O5. The maximum absolute atomic E-state index is 11.8. The lowest BCUT2D eigenvalue weighted by Crippen LogP contribution is -2.41. The van der Waals surface area contributed by atoms with Crippen molar-refractivity contribution >= 4 is 23.9 Å². The number of aliphatic imine (C=N–C) groups is 1. The average Bonchev–Trinajstić information content (AvgIpc) is 2.72. The number of hydrogen-bond donors (Lipinski definition) is 2. The molecule has 142 valence electrons. The third-order valence-corrected chi connectivity index (χ3v) is 5.12. The lowest BCUT2D eigenvalue weighted by atomic mass is 9.68. The first-order chi connectivity index (χ1) is 11.4. The van der Waals surface area contributed by atoms with Crippen molar-refractivity contribution in [3.8, 4) is 0 Å². The number of nitrogens with two attached hydrogens (primary N) is 1. The highest BCUT2D eigenvalue weighted by atomic mass is 16.5. The maximum atomic E-state index is 11.8. The minimum absolute atomic E-state index is 0.00745. The van der Waals surface area contributed by atoms with Gasteiger partial charge in [-0.05, 0) is 23.7 Å². The summed E-state index contributed by atoms with van der Waals surface area (Å²) in [5.74, 6) is -1.66. The molecule has 0 radical (unpaired) electrons. The lowest BCUT2D eigenvalue weighted by molar-refractivity contribution is -0.142. The van der Waals surface area contributed by atoms with Gasteiger partial charge in [0, 0.05) is 18.1 Å². The van der Waals surface area contributed by atoms with Crippen LogP contribution >= 0.6 is 0 Å². The smallest absolute Gasteiger partial charge is 0.323 e. The van der Waals surface area contributed by atoms with Crippen molar-refractivity contribution in [1.82, 2.24) is 0 Å². The Bertz CT molecular complexity index is 538. The normalized spacial score (nSPS) is 22.2. The summed E-state index contributed by atoms with van der Waals surface area (Å²) in [6.07, 6.45) is 2.25. The van der Waals surface area contributed by atoms with Crippen LogP contribution in [-0.2, 0) is 19.1 Å². The molecule has 0 spiro atoms. The monoisotopic (exact) mass is 354 g/mol. The first-order valence-corrected chi connectivity index (χ1v) is 8.51. The number of aldehydes is 1. The molecule has 0 saturated heterocycles. The Morgan fingerprint density at radius 1 is 1.24 bits per heavy atom. The Labute approximate surface area is 149 Å². The largest absolute Gasteiger partial charge is 0.481 e. The zero-order valence-corrected chi connectivity index (χ0v) is 15.7. The predicted molar refractivity (Wildman–Crippen MR) is 94.4 cm³/mol. The van der Waals surface area contributed by atoms with Crippen molar-refractivity contribution in [3.05, 3.63) is 0 Å². The van der Waals surface area contributed by atoms with Gasteiger partial charge >= 0.3 is 11.9 Å². The van der Waals surface area contributed by atoms with E-state index in [4.69, 9.17) is 15.6 Å². The van der Waals surface area contributed by atoms with E-state index in [9.17, 15) is 14.4 Å². The zero-order chi connectivity index (χ0) is 19.4. The van der Waals surface area contributed by atoms with Gasteiger partial charge in [-0.15, -0.1) is 0 Å². The minimum Gasteiger partial charge on any atom is -0.481 e. The maximum Gasteiger partial charge on any atom is 0.323 e. The lowest BCUT2D eigenvalue weighted by Gasteiger charge is -2.37. The molecule has 2 atom stereocenters. The van der Waals surface area contributed by atoms with Crippen molar-refractivity contribution in [1.29, 1.82) is 0 Å². The summed E-state index contributed by atoms with van der Waals surface area (Å²) in [7, 11) is 1.26. The highest BCUT2D eigenvalue weighted by molar-refractivity contribution is 5.94. The molecule has 0 aliphatic heterocycles. The zero-order valence-electron chi connectivity index (χ0n) is 15.7. The van der Waals surface area contributed by atoms with Gasteiger partial charge in [0.05, 0.1) is 13.5 Å². The number of esters is 1. The summed E-state index contributed by atoms with van der Waals surface area (Å²) in [6.45, 7) is 8.49. The van der Waals surface area contributed by atoms with Crippen molar-refractivity contribution in [2.45, 2.75) is 65.5 Å². The third kappa shape index (κ3) is 5.36. The SMILES string of the molecule is COC(=O)C(N)CC(=N[C@H](C=O)CC(=O)O)C1C(C)(C)CCC1(C)C. The Balaban J connectivity index is 3.29. The molecule has 1 unspecified atom stereocenters. The number of carbonyl (C=O) groups excluding carboxylic acids is 2. The van der Waals surface area contributed by atoms with E-state index in [1.807, 2.05) is 0 Å². The van der Waals surface area contributed by atoms with Crippen LogP contribution in [-0.4, -0.2) is 48.2 Å². The fraction of sp³-hybridized carbons (Fsp3) is 0.778. The standard InChI is InChI=1S/C18H30N2O5/c1-17(2)6-7-18(3,4)15(17)13(9-12(19)16(24)25-5)20-11(10-21)8-14(22)23/h10-12,15H,6-9,19H2,1-5H3,(H,22,23)/t11-,12?/m0/s1. The Kier molecular flexibility index (Phi) is 6.88. The molecule has 1 saturated carbocycles. The topological polar surface area (TPSA) is 119 Å². The average molecular weight is 354 g/mol. The highest BCUT2D eigenvalue weighted by Gasteiger charge is 2.49. The van der Waals surface area contributed by atoms with E-state index in [0.717, 1.165) is 12.8 Å². The number of aliphatic carboxylic acids is 1. The Morgan fingerprint density at radius 2 is 1.76 bits per heavy atom. The predicted octanol–water partition coefficient (Wildman–Crippen LogP) is 1.82. The van der Waals surface area contributed by atoms with E-state index in [1.54, 1.807) is 0 Å². The molecule has 1 rings (SSSR count). The molecule has 1 fully saturated rings. The van der Waals surface area contributed by atoms with E-state index in [1.165, 1.54) is 7.11 Å². The van der Waals surface area contributed by atoms with Crippen LogP contribution in [0.15, 0.2) is 4.99 Å². The second-order valence-corrected chi connectivity index (χ2v) is 8.17. The number of hydrogen-bond acceptors (Lipinski definition) is 6. The van der Waals surface area contributed by atoms with E-state index in [2.05, 4.69) is 32.7 Å². The van der Waals surface area contributed by atoms with Crippen LogP contribution in [0.4, 0.5) is 0 Å². The fourth-order valence-electron chi connectivity index (χ4n) is 4.11. The van der Waals surface area contributed by atoms with Gasteiger partial charge < -0.3 is 20.4 Å². The molecule has 25 heavy (non-hydrogen) atoms. The first kappa shape index (κ1) is 21.3. The van der Waals surface area contributed by atoms with Gasteiger partial charge in [-0.3, -0.25) is 14.6 Å². The van der Waals surface area contributed by atoms with Crippen molar-refractivity contribution in [3.63, 3.8) is 0 Å². The first-order valence-electron chi connectivity index (χ1n) is 8.51. The molecule has 0 aromatic carbocycles. The quantitative estimate of drug-likeness (QED) is 0.390. The number of ether oxygens (including phenoxy) is 1. The molecule has 0 bridgehead atoms.